The molecule has 0 unspecified atom stereocenters. The molecular formula is C15H19N3O2. The highest BCUT2D eigenvalue weighted by Crippen LogP contribution is 2.17. The molecular weight excluding hydrogens is 254 g/mol. The van der Waals surface area contributed by atoms with Gasteiger partial charge in [0.05, 0.1) is 6.20 Å². The molecule has 0 aliphatic rings. The average molecular weight is 273 g/mol. The highest BCUT2D eigenvalue weighted by atomic mass is 16.2. The van der Waals surface area contributed by atoms with E-state index in [1.807, 2.05) is 30.5 Å². The number of aliphatic hydroxyl groups excluding tert-OH is 1. The van der Waals surface area contributed by atoms with Crippen molar-refractivity contribution < 1.29 is 9.90 Å². The predicted octanol–water partition coefficient (Wildman–Crippen LogP) is 1.97. The van der Waals surface area contributed by atoms with Crippen molar-refractivity contribution in [3.05, 3.63) is 42.2 Å². The van der Waals surface area contributed by atoms with E-state index in [2.05, 4.69) is 15.5 Å². The molecule has 3 N–H and O–H groups in total. The van der Waals surface area contributed by atoms with Crippen LogP contribution in [0.15, 0.2) is 36.7 Å². The van der Waals surface area contributed by atoms with Crippen LogP contribution >= 0.6 is 0 Å². The normalized spacial score (nSPS) is 10.4. The molecule has 1 heterocycles. The first-order valence-electron chi connectivity index (χ1n) is 6.79. The van der Waals surface area contributed by atoms with Crippen LogP contribution in [0.2, 0.25) is 0 Å². The van der Waals surface area contributed by atoms with E-state index in [9.17, 15) is 4.79 Å². The molecule has 5 nitrogen and oxygen atoms in total. The minimum atomic E-state index is -0.0623. The summed E-state index contributed by atoms with van der Waals surface area (Å²) in [4.78, 5) is 11.9. The fourth-order valence-corrected chi connectivity index (χ4v) is 1.94. The van der Waals surface area contributed by atoms with E-state index in [-0.39, 0.29) is 12.5 Å². The minimum Gasteiger partial charge on any atom is -0.396 e. The molecule has 20 heavy (non-hydrogen) atoms. The lowest BCUT2D eigenvalue weighted by atomic mass is 10.1. The average Bonchev–Trinajstić information content (AvgIpc) is 3.01. The Labute approximate surface area is 118 Å². The molecule has 2 aromatic rings. The van der Waals surface area contributed by atoms with Gasteiger partial charge in [-0.05, 0) is 37.0 Å². The summed E-state index contributed by atoms with van der Waals surface area (Å²) in [7, 11) is 0. The van der Waals surface area contributed by atoms with Crippen molar-refractivity contribution in [3.63, 3.8) is 0 Å². The van der Waals surface area contributed by atoms with Gasteiger partial charge in [0.15, 0.2) is 0 Å². The summed E-state index contributed by atoms with van der Waals surface area (Å²) in [6.45, 7) is 0.853. The molecule has 0 fully saturated rings. The van der Waals surface area contributed by atoms with E-state index >= 15 is 0 Å². The van der Waals surface area contributed by atoms with Gasteiger partial charge in [0.1, 0.15) is 0 Å². The first-order valence-corrected chi connectivity index (χ1v) is 6.79. The van der Waals surface area contributed by atoms with Crippen LogP contribution in [-0.2, 0) is 0 Å². The maximum absolute atomic E-state index is 11.9. The second-order valence-electron chi connectivity index (χ2n) is 4.60. The highest BCUT2D eigenvalue weighted by molar-refractivity contribution is 5.94. The molecule has 2 rings (SSSR count). The molecule has 1 aromatic carbocycles. The quantitative estimate of drug-likeness (QED) is 0.675. The molecule has 0 atom stereocenters. The Hall–Kier alpha value is -2.14. The number of unbranched alkanes of at least 4 members (excludes halogenated alkanes) is 2. The molecule has 0 bridgehead atoms. The summed E-state index contributed by atoms with van der Waals surface area (Å²) in [6.07, 6.45) is 6.16. The zero-order valence-electron chi connectivity index (χ0n) is 11.3. The maximum Gasteiger partial charge on any atom is 0.251 e. The van der Waals surface area contributed by atoms with Crippen LogP contribution in [0, 0.1) is 0 Å². The number of nitrogens with one attached hydrogen (secondary N) is 2. The molecule has 0 saturated carbocycles. The highest BCUT2D eigenvalue weighted by Gasteiger charge is 2.05. The number of aliphatic hydroxyl groups is 1. The van der Waals surface area contributed by atoms with Gasteiger partial charge in [0.25, 0.3) is 5.91 Å². The second-order valence-corrected chi connectivity index (χ2v) is 4.60. The number of rotatable bonds is 7. The molecule has 0 spiro atoms. The van der Waals surface area contributed by atoms with Crippen LogP contribution in [0.4, 0.5) is 0 Å². The van der Waals surface area contributed by atoms with Crippen molar-refractivity contribution >= 4 is 5.91 Å². The number of amides is 1. The molecule has 0 aliphatic carbocycles. The zero-order chi connectivity index (χ0) is 14.2. The molecule has 0 saturated heterocycles. The van der Waals surface area contributed by atoms with Crippen LogP contribution in [0.25, 0.3) is 11.1 Å². The van der Waals surface area contributed by atoms with Gasteiger partial charge < -0.3 is 10.4 Å². The Bertz CT molecular complexity index is 521. The summed E-state index contributed by atoms with van der Waals surface area (Å²) in [5, 5.41) is 18.2. The topological polar surface area (TPSA) is 78.0 Å². The zero-order valence-corrected chi connectivity index (χ0v) is 11.3. The number of carbonyl (C=O) groups excluding carboxylic acids is 1. The van der Waals surface area contributed by atoms with Gasteiger partial charge in [0.2, 0.25) is 0 Å². The Morgan fingerprint density at radius 1 is 1.15 bits per heavy atom. The van der Waals surface area contributed by atoms with E-state index in [0.29, 0.717) is 12.1 Å². The Morgan fingerprint density at radius 2 is 1.95 bits per heavy atom. The van der Waals surface area contributed by atoms with Gasteiger partial charge in [0, 0.05) is 30.5 Å². The Morgan fingerprint density at radius 3 is 2.60 bits per heavy atom. The lowest BCUT2D eigenvalue weighted by Gasteiger charge is -2.05. The fourth-order valence-electron chi connectivity index (χ4n) is 1.94. The summed E-state index contributed by atoms with van der Waals surface area (Å²) >= 11 is 0. The van der Waals surface area contributed by atoms with Crippen LogP contribution in [0.3, 0.4) is 0 Å². The molecule has 0 aliphatic heterocycles. The molecule has 106 valence electrons. The van der Waals surface area contributed by atoms with Gasteiger partial charge in [-0.15, -0.1) is 0 Å². The van der Waals surface area contributed by atoms with Crippen molar-refractivity contribution in [3.8, 4) is 11.1 Å². The first kappa shape index (κ1) is 14.3. The van der Waals surface area contributed by atoms with Crippen LogP contribution in [-0.4, -0.2) is 34.4 Å². The van der Waals surface area contributed by atoms with E-state index < -0.39 is 0 Å². The maximum atomic E-state index is 11.9. The number of H-pyrrole nitrogens is 1. The summed E-state index contributed by atoms with van der Waals surface area (Å²) in [6, 6.07) is 7.44. The number of carbonyl (C=O) groups is 1. The van der Waals surface area contributed by atoms with Crippen molar-refractivity contribution in [1.29, 1.82) is 0 Å². The van der Waals surface area contributed by atoms with Crippen molar-refractivity contribution in [2.75, 3.05) is 13.2 Å². The third kappa shape index (κ3) is 3.93. The third-order valence-corrected chi connectivity index (χ3v) is 3.10. The SMILES string of the molecule is O=C(NCCCCCO)c1ccc(-c2cn[nH]c2)cc1. The predicted molar refractivity (Wildman–Crippen MR) is 77.3 cm³/mol. The summed E-state index contributed by atoms with van der Waals surface area (Å²) < 4.78 is 0. The molecule has 0 radical (unpaired) electrons. The lowest BCUT2D eigenvalue weighted by molar-refractivity contribution is 0.0953. The van der Waals surface area contributed by atoms with Crippen LogP contribution < -0.4 is 5.32 Å². The number of hydrogen-bond acceptors (Lipinski definition) is 3. The molecule has 1 amide bonds. The van der Waals surface area contributed by atoms with Gasteiger partial charge in [-0.1, -0.05) is 12.1 Å². The largest absolute Gasteiger partial charge is 0.396 e. The van der Waals surface area contributed by atoms with Crippen LogP contribution in [0.5, 0.6) is 0 Å². The van der Waals surface area contributed by atoms with Crippen molar-refractivity contribution in [1.82, 2.24) is 15.5 Å². The van der Waals surface area contributed by atoms with E-state index in [1.54, 1.807) is 6.20 Å². The number of hydrogen-bond donors (Lipinski definition) is 3. The number of aromatic amines is 1. The fraction of sp³-hybridized carbons (Fsp3) is 0.333. The van der Waals surface area contributed by atoms with Gasteiger partial charge in [-0.2, -0.15) is 5.10 Å². The van der Waals surface area contributed by atoms with E-state index in [1.165, 1.54) is 0 Å². The van der Waals surface area contributed by atoms with Crippen LogP contribution in [0.1, 0.15) is 29.6 Å². The third-order valence-electron chi connectivity index (χ3n) is 3.10. The lowest BCUT2D eigenvalue weighted by Crippen LogP contribution is -2.24. The van der Waals surface area contributed by atoms with Gasteiger partial charge in [-0.25, -0.2) is 0 Å². The van der Waals surface area contributed by atoms with Crippen molar-refractivity contribution in [2.24, 2.45) is 0 Å². The smallest absolute Gasteiger partial charge is 0.251 e. The van der Waals surface area contributed by atoms with E-state index in [0.717, 1.165) is 30.4 Å². The first-order chi connectivity index (χ1) is 9.81. The number of benzene rings is 1. The van der Waals surface area contributed by atoms with E-state index in [4.69, 9.17) is 5.11 Å². The van der Waals surface area contributed by atoms with Crippen molar-refractivity contribution in [2.45, 2.75) is 19.3 Å². The Balaban J connectivity index is 1.85. The summed E-state index contributed by atoms with van der Waals surface area (Å²) in [5.41, 5.74) is 2.68. The second kappa shape index (κ2) is 7.45. The van der Waals surface area contributed by atoms with Gasteiger partial charge >= 0.3 is 0 Å². The summed E-state index contributed by atoms with van der Waals surface area (Å²) in [5.74, 6) is -0.0623. The standard InChI is InChI=1S/C15H19N3O2/c19-9-3-1-2-8-16-15(20)13-6-4-12(5-7-13)14-10-17-18-11-14/h4-7,10-11,19H,1-3,8-9H2,(H,16,20)(H,17,18). The van der Waals surface area contributed by atoms with Gasteiger partial charge in [-0.3, -0.25) is 9.89 Å². The monoisotopic (exact) mass is 273 g/mol. The number of aromatic nitrogens is 2. The minimum absolute atomic E-state index is 0.0623. The Kier molecular flexibility index (Phi) is 5.32. The molecule has 5 heteroatoms. The number of nitrogens with zero attached hydrogens (tertiary/aromatic N) is 1. The molecule has 1 aromatic heterocycles.